The first-order chi connectivity index (χ1) is 11.0. The Bertz CT molecular complexity index is 530. The molecule has 6 atom stereocenters. The highest BCUT2D eigenvalue weighted by Crippen LogP contribution is 2.66. The number of rotatable bonds is 2. The third-order valence-corrected chi connectivity index (χ3v) is 8.50. The average Bonchev–Trinajstić information content (AvgIpc) is 2.84. The fraction of sp³-hybridized carbons (Fsp3) is 0.900. The molecule has 0 aromatic heterocycles. The van der Waals surface area contributed by atoms with Gasteiger partial charge in [-0.05, 0) is 80.6 Å². The molecule has 4 aliphatic carbocycles. The Balaban J connectivity index is 1.68. The largest absolute Gasteiger partial charge is 0.330 e. The molecule has 4 rings (SSSR count). The number of carbonyl (C=O) groups is 2. The second kappa shape index (κ2) is 5.40. The van der Waals surface area contributed by atoms with Crippen molar-refractivity contribution in [3.8, 4) is 0 Å². The fourth-order valence-corrected chi connectivity index (χ4v) is 7.39. The SMILES string of the molecule is C[C@]12CC[C@H]3[C@@H](CC[C@@H]4CC(=O)CCC43CCN)[C@@H]1CCC2=O. The van der Waals surface area contributed by atoms with Crippen LogP contribution in [0.3, 0.4) is 0 Å². The van der Waals surface area contributed by atoms with E-state index in [1.807, 2.05) is 0 Å². The summed E-state index contributed by atoms with van der Waals surface area (Å²) in [5.74, 6) is 3.57. The molecule has 0 saturated heterocycles. The zero-order valence-electron chi connectivity index (χ0n) is 14.5. The van der Waals surface area contributed by atoms with Gasteiger partial charge in [0.15, 0.2) is 0 Å². The number of Topliss-reactive ketones (excluding diaryl/α,β-unsaturated/α-hetero) is 2. The molecule has 23 heavy (non-hydrogen) atoms. The molecule has 4 aliphatic rings. The van der Waals surface area contributed by atoms with Crippen LogP contribution >= 0.6 is 0 Å². The summed E-state index contributed by atoms with van der Waals surface area (Å²) in [5, 5.41) is 0. The van der Waals surface area contributed by atoms with Gasteiger partial charge in [-0.3, -0.25) is 9.59 Å². The lowest BCUT2D eigenvalue weighted by Crippen LogP contribution is -2.55. The molecule has 4 saturated carbocycles. The van der Waals surface area contributed by atoms with Gasteiger partial charge in [0.1, 0.15) is 11.6 Å². The molecule has 3 heteroatoms. The maximum Gasteiger partial charge on any atom is 0.139 e. The van der Waals surface area contributed by atoms with E-state index in [9.17, 15) is 9.59 Å². The average molecular weight is 317 g/mol. The van der Waals surface area contributed by atoms with Crippen LogP contribution in [0.2, 0.25) is 0 Å². The van der Waals surface area contributed by atoms with Crippen molar-refractivity contribution in [1.29, 1.82) is 0 Å². The van der Waals surface area contributed by atoms with Crippen molar-refractivity contribution < 1.29 is 9.59 Å². The van der Waals surface area contributed by atoms with Crippen molar-refractivity contribution in [2.24, 2.45) is 40.2 Å². The number of ketones is 2. The summed E-state index contributed by atoms with van der Waals surface area (Å²) < 4.78 is 0. The van der Waals surface area contributed by atoms with Gasteiger partial charge < -0.3 is 5.73 Å². The van der Waals surface area contributed by atoms with Crippen molar-refractivity contribution >= 4 is 11.6 Å². The van der Waals surface area contributed by atoms with Crippen molar-refractivity contribution in [2.45, 2.75) is 71.1 Å². The maximum atomic E-state index is 12.5. The van der Waals surface area contributed by atoms with E-state index in [1.165, 1.54) is 19.3 Å². The summed E-state index contributed by atoms with van der Waals surface area (Å²) in [7, 11) is 0. The predicted molar refractivity (Wildman–Crippen MR) is 89.7 cm³/mol. The third-order valence-electron chi connectivity index (χ3n) is 8.50. The van der Waals surface area contributed by atoms with Gasteiger partial charge in [-0.15, -0.1) is 0 Å². The van der Waals surface area contributed by atoms with E-state index in [0.717, 1.165) is 51.5 Å². The molecule has 0 aliphatic heterocycles. The summed E-state index contributed by atoms with van der Waals surface area (Å²) in [6, 6.07) is 0. The van der Waals surface area contributed by atoms with Crippen molar-refractivity contribution in [3.05, 3.63) is 0 Å². The van der Waals surface area contributed by atoms with Crippen LogP contribution in [0.25, 0.3) is 0 Å². The smallest absolute Gasteiger partial charge is 0.139 e. The van der Waals surface area contributed by atoms with E-state index in [2.05, 4.69) is 6.92 Å². The summed E-state index contributed by atoms with van der Waals surface area (Å²) in [6.07, 6.45) is 10.3. The number of nitrogens with two attached hydrogens (primary N) is 1. The van der Waals surface area contributed by atoms with Crippen LogP contribution < -0.4 is 5.73 Å². The van der Waals surface area contributed by atoms with E-state index in [4.69, 9.17) is 5.73 Å². The Morgan fingerprint density at radius 3 is 2.65 bits per heavy atom. The summed E-state index contributed by atoms with van der Waals surface area (Å²) >= 11 is 0. The number of hydrogen-bond acceptors (Lipinski definition) is 3. The summed E-state index contributed by atoms with van der Waals surface area (Å²) in [5.41, 5.74) is 6.30. The first kappa shape index (κ1) is 15.8. The second-order valence-electron chi connectivity index (χ2n) is 9.08. The van der Waals surface area contributed by atoms with Crippen molar-refractivity contribution in [2.75, 3.05) is 6.54 Å². The Morgan fingerprint density at radius 2 is 1.87 bits per heavy atom. The molecule has 2 N–H and O–H groups in total. The van der Waals surface area contributed by atoms with Crippen LogP contribution in [0.4, 0.5) is 0 Å². The lowest BCUT2D eigenvalue weighted by molar-refractivity contribution is -0.147. The monoisotopic (exact) mass is 317 g/mol. The Hall–Kier alpha value is -0.700. The third kappa shape index (κ3) is 2.11. The Labute approximate surface area is 139 Å². The lowest BCUT2D eigenvalue weighted by Gasteiger charge is -2.60. The molecule has 0 amide bonds. The van der Waals surface area contributed by atoms with E-state index in [-0.39, 0.29) is 5.41 Å². The Kier molecular flexibility index (Phi) is 3.71. The molecule has 3 nitrogen and oxygen atoms in total. The van der Waals surface area contributed by atoms with Crippen LogP contribution in [0.15, 0.2) is 0 Å². The molecular weight excluding hydrogens is 286 g/mol. The van der Waals surface area contributed by atoms with E-state index < -0.39 is 0 Å². The van der Waals surface area contributed by atoms with Crippen LogP contribution in [-0.4, -0.2) is 18.1 Å². The normalized spacial score (nSPS) is 49.5. The zero-order chi connectivity index (χ0) is 16.2. The van der Waals surface area contributed by atoms with Gasteiger partial charge >= 0.3 is 0 Å². The van der Waals surface area contributed by atoms with Crippen LogP contribution in [0.5, 0.6) is 0 Å². The van der Waals surface area contributed by atoms with Gasteiger partial charge in [-0.2, -0.15) is 0 Å². The molecule has 1 unspecified atom stereocenters. The molecule has 4 fully saturated rings. The minimum atomic E-state index is -0.0393. The molecule has 0 heterocycles. The van der Waals surface area contributed by atoms with Crippen LogP contribution in [0.1, 0.15) is 71.1 Å². The summed E-state index contributed by atoms with van der Waals surface area (Å²) in [6.45, 7) is 2.99. The van der Waals surface area contributed by atoms with E-state index >= 15 is 0 Å². The number of fused-ring (bicyclic) bond motifs is 5. The first-order valence-corrected chi connectivity index (χ1v) is 9.76. The zero-order valence-corrected chi connectivity index (χ0v) is 14.5. The highest BCUT2D eigenvalue weighted by molar-refractivity contribution is 5.87. The lowest BCUT2D eigenvalue weighted by atomic mass is 9.44. The Morgan fingerprint density at radius 1 is 1.04 bits per heavy atom. The van der Waals surface area contributed by atoms with Gasteiger partial charge in [-0.25, -0.2) is 0 Å². The molecule has 0 spiro atoms. The van der Waals surface area contributed by atoms with Crippen molar-refractivity contribution in [1.82, 2.24) is 0 Å². The molecule has 128 valence electrons. The van der Waals surface area contributed by atoms with Crippen molar-refractivity contribution in [3.63, 3.8) is 0 Å². The number of hydrogen-bond donors (Lipinski definition) is 1. The predicted octanol–water partition coefficient (Wildman–Crippen LogP) is 3.50. The number of carbonyl (C=O) groups excluding carboxylic acids is 2. The van der Waals surface area contributed by atoms with Gasteiger partial charge in [0.25, 0.3) is 0 Å². The summed E-state index contributed by atoms with van der Waals surface area (Å²) in [4.78, 5) is 24.5. The topological polar surface area (TPSA) is 60.2 Å². The van der Waals surface area contributed by atoms with Gasteiger partial charge in [0.2, 0.25) is 0 Å². The molecule has 0 aromatic carbocycles. The first-order valence-electron chi connectivity index (χ1n) is 9.76. The van der Waals surface area contributed by atoms with Gasteiger partial charge in [-0.1, -0.05) is 6.92 Å². The quantitative estimate of drug-likeness (QED) is 0.848. The highest BCUT2D eigenvalue weighted by Gasteiger charge is 2.61. The minimum Gasteiger partial charge on any atom is -0.330 e. The van der Waals surface area contributed by atoms with Gasteiger partial charge in [0.05, 0.1) is 0 Å². The van der Waals surface area contributed by atoms with E-state index in [1.54, 1.807) is 0 Å². The minimum absolute atomic E-state index is 0.0393. The molecule has 0 radical (unpaired) electrons. The van der Waals surface area contributed by atoms with E-state index in [0.29, 0.717) is 40.7 Å². The fourth-order valence-electron chi connectivity index (χ4n) is 7.39. The molecule has 0 bridgehead atoms. The standard InChI is InChI=1S/C20H31NO2/c1-19-8-7-17-15(16(19)4-5-18(19)23)3-2-13-12-14(22)6-9-20(13,17)10-11-21/h13,15-17H,2-12,21H2,1H3/t13-,15+,16+,17+,19+,20?/m1/s1. The maximum absolute atomic E-state index is 12.5. The van der Waals surface area contributed by atoms with Crippen LogP contribution in [0, 0.1) is 34.5 Å². The van der Waals surface area contributed by atoms with Crippen LogP contribution in [-0.2, 0) is 9.59 Å². The second-order valence-corrected chi connectivity index (χ2v) is 9.08. The molecular formula is C20H31NO2. The molecule has 0 aromatic rings. The highest BCUT2D eigenvalue weighted by atomic mass is 16.1. The van der Waals surface area contributed by atoms with Gasteiger partial charge in [0, 0.05) is 24.7 Å².